The van der Waals surface area contributed by atoms with Crippen LogP contribution in [0.25, 0.3) is 0 Å². The first-order valence-corrected chi connectivity index (χ1v) is 6.38. The number of carbonyl (C=O) groups is 1. The smallest absolute Gasteiger partial charge is 0.160 e. The van der Waals surface area contributed by atoms with Crippen molar-refractivity contribution in [3.8, 4) is 5.75 Å². The molecule has 0 fully saturated rings. The van der Waals surface area contributed by atoms with Gasteiger partial charge in [-0.3, -0.25) is 4.79 Å². The molecule has 0 spiro atoms. The molecule has 88 valence electrons. The van der Waals surface area contributed by atoms with Gasteiger partial charge in [0, 0.05) is 10.9 Å². The normalized spacial score (nSPS) is 10.2. The Morgan fingerprint density at radius 2 is 2.00 bits per heavy atom. The summed E-state index contributed by atoms with van der Waals surface area (Å²) in [6.07, 6.45) is 0.827. The van der Waals surface area contributed by atoms with Crippen molar-refractivity contribution in [1.29, 1.82) is 0 Å². The molecule has 0 amide bonds. The van der Waals surface area contributed by atoms with Gasteiger partial charge in [-0.05, 0) is 24.3 Å². The van der Waals surface area contributed by atoms with Gasteiger partial charge in [0.15, 0.2) is 6.29 Å². The van der Waals surface area contributed by atoms with E-state index < -0.39 is 0 Å². The summed E-state index contributed by atoms with van der Waals surface area (Å²) in [5, 5.41) is 0.960. The largest absolute Gasteiger partial charge is 0.488 e. The molecule has 0 N–H and O–H groups in total. The lowest BCUT2D eigenvalue weighted by molar-refractivity contribution is 0.112. The third-order valence-corrected chi connectivity index (χ3v) is 3.79. The standard InChI is InChI=1S/C12H8Cl2O2S/c13-11-4-1-8(5-12(11)14)16-7-10-3-2-9(6-15)17-10/h1-6H,7H2. The predicted octanol–water partition coefficient (Wildman–Crippen LogP) is 4.45. The Kier molecular flexibility index (Phi) is 4.05. The molecule has 0 aliphatic carbocycles. The molecule has 2 aromatic rings. The van der Waals surface area contributed by atoms with Gasteiger partial charge in [0.2, 0.25) is 0 Å². The predicted molar refractivity (Wildman–Crippen MR) is 70.5 cm³/mol. The second kappa shape index (κ2) is 5.54. The maximum Gasteiger partial charge on any atom is 0.160 e. The number of halogens is 2. The number of carbonyl (C=O) groups excluding carboxylic acids is 1. The van der Waals surface area contributed by atoms with Crippen LogP contribution in [0.1, 0.15) is 14.5 Å². The molecule has 0 aliphatic rings. The Balaban J connectivity index is 2.01. The summed E-state index contributed by atoms with van der Waals surface area (Å²) in [5.41, 5.74) is 0. The van der Waals surface area contributed by atoms with E-state index in [1.54, 1.807) is 24.3 Å². The van der Waals surface area contributed by atoms with Crippen molar-refractivity contribution < 1.29 is 9.53 Å². The van der Waals surface area contributed by atoms with E-state index >= 15 is 0 Å². The Bertz CT molecular complexity index is 537. The minimum atomic E-state index is 0.413. The van der Waals surface area contributed by atoms with Gasteiger partial charge in [0.05, 0.1) is 14.9 Å². The summed E-state index contributed by atoms with van der Waals surface area (Å²) in [5.74, 6) is 0.653. The maximum atomic E-state index is 10.5. The SMILES string of the molecule is O=Cc1ccc(COc2ccc(Cl)c(Cl)c2)s1. The van der Waals surface area contributed by atoms with E-state index in [2.05, 4.69) is 0 Å². The zero-order valence-electron chi connectivity index (χ0n) is 8.65. The van der Waals surface area contributed by atoms with E-state index in [-0.39, 0.29) is 0 Å². The van der Waals surface area contributed by atoms with E-state index in [1.165, 1.54) is 11.3 Å². The molecule has 2 nitrogen and oxygen atoms in total. The van der Waals surface area contributed by atoms with E-state index in [4.69, 9.17) is 27.9 Å². The van der Waals surface area contributed by atoms with Gasteiger partial charge in [0.1, 0.15) is 12.4 Å². The molecular formula is C12H8Cl2O2S. The van der Waals surface area contributed by atoms with Crippen LogP contribution in [-0.2, 0) is 6.61 Å². The molecule has 1 aromatic carbocycles. The number of thiophene rings is 1. The first kappa shape index (κ1) is 12.4. The molecule has 0 radical (unpaired) electrons. The highest BCUT2D eigenvalue weighted by molar-refractivity contribution is 7.13. The maximum absolute atomic E-state index is 10.5. The number of hydrogen-bond donors (Lipinski definition) is 0. The number of ether oxygens (including phenoxy) is 1. The van der Waals surface area contributed by atoms with Crippen LogP contribution in [0.3, 0.4) is 0 Å². The molecule has 17 heavy (non-hydrogen) atoms. The summed E-state index contributed by atoms with van der Waals surface area (Å²) in [4.78, 5) is 12.2. The van der Waals surface area contributed by atoms with Crippen LogP contribution in [-0.4, -0.2) is 6.29 Å². The van der Waals surface area contributed by atoms with Crippen LogP contribution in [0.5, 0.6) is 5.75 Å². The summed E-state index contributed by atoms with van der Waals surface area (Å²) < 4.78 is 5.54. The molecule has 0 bridgehead atoms. The van der Waals surface area contributed by atoms with Crippen LogP contribution in [0.2, 0.25) is 10.0 Å². The van der Waals surface area contributed by atoms with Crippen molar-refractivity contribution in [3.63, 3.8) is 0 Å². The Morgan fingerprint density at radius 1 is 1.18 bits per heavy atom. The molecule has 0 aliphatic heterocycles. The van der Waals surface area contributed by atoms with Gasteiger partial charge in [-0.2, -0.15) is 0 Å². The third-order valence-electron chi connectivity index (χ3n) is 2.07. The van der Waals surface area contributed by atoms with Crippen molar-refractivity contribution in [3.05, 3.63) is 50.1 Å². The highest BCUT2D eigenvalue weighted by Gasteiger charge is 2.03. The summed E-state index contributed by atoms with van der Waals surface area (Å²) in [7, 11) is 0. The average molecular weight is 287 g/mol. The van der Waals surface area contributed by atoms with E-state index in [0.717, 1.165) is 11.2 Å². The molecule has 0 saturated heterocycles. The molecule has 0 atom stereocenters. The first-order valence-electron chi connectivity index (χ1n) is 4.81. The number of aldehydes is 1. The van der Waals surface area contributed by atoms with Gasteiger partial charge in [-0.1, -0.05) is 23.2 Å². The number of rotatable bonds is 4. The molecule has 2 rings (SSSR count). The van der Waals surface area contributed by atoms with Gasteiger partial charge in [-0.25, -0.2) is 0 Å². The van der Waals surface area contributed by atoms with Crippen LogP contribution in [0.15, 0.2) is 30.3 Å². The topological polar surface area (TPSA) is 26.3 Å². The van der Waals surface area contributed by atoms with Crippen molar-refractivity contribution in [2.45, 2.75) is 6.61 Å². The molecule has 1 aromatic heterocycles. The lowest BCUT2D eigenvalue weighted by Crippen LogP contribution is -1.92. The third kappa shape index (κ3) is 3.22. The lowest BCUT2D eigenvalue weighted by atomic mass is 10.3. The van der Waals surface area contributed by atoms with Gasteiger partial charge >= 0.3 is 0 Å². The molecule has 1 heterocycles. The molecule has 5 heteroatoms. The lowest BCUT2D eigenvalue weighted by Gasteiger charge is -2.05. The fourth-order valence-electron chi connectivity index (χ4n) is 1.26. The summed E-state index contributed by atoms with van der Waals surface area (Å²) >= 11 is 13.1. The van der Waals surface area contributed by atoms with Crippen LogP contribution >= 0.6 is 34.5 Å². The summed E-state index contributed by atoms with van der Waals surface area (Å²) in [6.45, 7) is 0.413. The van der Waals surface area contributed by atoms with Crippen molar-refractivity contribution in [2.75, 3.05) is 0 Å². The zero-order chi connectivity index (χ0) is 12.3. The van der Waals surface area contributed by atoms with E-state index in [0.29, 0.717) is 27.3 Å². The van der Waals surface area contributed by atoms with Gasteiger partial charge in [-0.15, -0.1) is 11.3 Å². The van der Waals surface area contributed by atoms with Crippen LogP contribution < -0.4 is 4.74 Å². The molecule has 0 saturated carbocycles. The first-order chi connectivity index (χ1) is 8.19. The fraction of sp³-hybridized carbons (Fsp3) is 0.0833. The zero-order valence-corrected chi connectivity index (χ0v) is 11.0. The Labute approximate surface area is 113 Å². The minimum Gasteiger partial charge on any atom is -0.488 e. The highest BCUT2D eigenvalue weighted by atomic mass is 35.5. The average Bonchev–Trinajstić information content (AvgIpc) is 2.79. The Hall–Kier alpha value is -1.03. The van der Waals surface area contributed by atoms with Crippen LogP contribution in [0, 0.1) is 0 Å². The molecular weight excluding hydrogens is 279 g/mol. The second-order valence-electron chi connectivity index (χ2n) is 3.29. The van der Waals surface area contributed by atoms with Crippen molar-refractivity contribution in [2.24, 2.45) is 0 Å². The summed E-state index contributed by atoms with van der Waals surface area (Å²) in [6, 6.07) is 8.74. The van der Waals surface area contributed by atoms with Gasteiger partial charge in [0.25, 0.3) is 0 Å². The quantitative estimate of drug-likeness (QED) is 0.777. The van der Waals surface area contributed by atoms with Crippen LogP contribution in [0.4, 0.5) is 0 Å². The number of hydrogen-bond acceptors (Lipinski definition) is 3. The fourth-order valence-corrected chi connectivity index (χ4v) is 2.29. The Morgan fingerprint density at radius 3 is 2.65 bits per heavy atom. The second-order valence-corrected chi connectivity index (χ2v) is 5.30. The highest BCUT2D eigenvalue weighted by Crippen LogP contribution is 2.27. The minimum absolute atomic E-state index is 0.413. The van der Waals surface area contributed by atoms with E-state index in [9.17, 15) is 4.79 Å². The number of benzene rings is 1. The van der Waals surface area contributed by atoms with Crippen molar-refractivity contribution in [1.82, 2.24) is 0 Å². The molecule has 0 unspecified atom stereocenters. The van der Waals surface area contributed by atoms with Gasteiger partial charge < -0.3 is 4.74 Å². The van der Waals surface area contributed by atoms with E-state index in [1.807, 2.05) is 6.07 Å². The van der Waals surface area contributed by atoms with Crippen molar-refractivity contribution >= 4 is 40.8 Å². The monoisotopic (exact) mass is 286 g/mol.